The maximum absolute atomic E-state index is 13.8. The summed E-state index contributed by atoms with van der Waals surface area (Å²) in [4.78, 5) is 23.4. The van der Waals surface area contributed by atoms with Crippen molar-refractivity contribution in [3.8, 4) is 5.75 Å². The molecule has 9 nitrogen and oxygen atoms in total. The van der Waals surface area contributed by atoms with Crippen LogP contribution in [0.4, 0.5) is 0 Å². The van der Waals surface area contributed by atoms with E-state index in [2.05, 4.69) is 10.0 Å². The number of aliphatic carboxylic acids is 1. The molecule has 3 aromatic rings. The largest absolute Gasteiger partial charge is 0.494 e. The molecule has 2 aromatic carbocycles. The normalized spacial score (nSPS) is 18.2. The molecule has 1 aliphatic carbocycles. The predicted molar refractivity (Wildman–Crippen MR) is 149 cm³/mol. The average Bonchev–Trinajstić information content (AvgIpc) is 3.24. The fourth-order valence-electron chi connectivity index (χ4n) is 4.51. The monoisotopic (exact) mass is 572 g/mol. The number of allylic oxidation sites excluding steroid dienone is 2. The van der Waals surface area contributed by atoms with Crippen LogP contribution >= 0.6 is 11.6 Å². The van der Waals surface area contributed by atoms with Crippen molar-refractivity contribution in [1.29, 1.82) is 0 Å². The zero-order valence-electron chi connectivity index (χ0n) is 21.8. The van der Waals surface area contributed by atoms with Gasteiger partial charge in [-0.05, 0) is 42.2 Å². The number of methoxy groups -OCH3 is 1. The van der Waals surface area contributed by atoms with Crippen LogP contribution in [-0.2, 0) is 14.8 Å². The summed E-state index contributed by atoms with van der Waals surface area (Å²) in [5.74, 6) is -2.47. The summed E-state index contributed by atoms with van der Waals surface area (Å²) in [6.45, 7) is 4.82. The number of fused-ring (bicyclic) bond motifs is 1. The molecule has 0 bridgehead atoms. The van der Waals surface area contributed by atoms with E-state index in [0.29, 0.717) is 27.3 Å². The Morgan fingerprint density at radius 2 is 1.85 bits per heavy atom. The molecule has 0 radical (unpaired) electrons. The first kappa shape index (κ1) is 28.4. The molecule has 1 heterocycles. The van der Waals surface area contributed by atoms with Gasteiger partial charge in [-0.3, -0.25) is 9.59 Å². The maximum atomic E-state index is 13.8. The molecule has 1 amide bonds. The highest BCUT2D eigenvalue weighted by Gasteiger charge is 2.46. The van der Waals surface area contributed by atoms with E-state index in [-0.39, 0.29) is 12.2 Å². The minimum atomic E-state index is -4.49. The molecule has 0 fully saturated rings. The van der Waals surface area contributed by atoms with Crippen LogP contribution in [0.5, 0.6) is 5.75 Å². The van der Waals surface area contributed by atoms with Gasteiger partial charge in [0.1, 0.15) is 17.4 Å². The highest BCUT2D eigenvalue weighted by molar-refractivity contribution is 7.91. The Morgan fingerprint density at radius 3 is 2.41 bits per heavy atom. The molecule has 0 saturated carbocycles. The quantitative estimate of drug-likeness (QED) is 0.332. The van der Waals surface area contributed by atoms with Crippen LogP contribution < -0.4 is 14.8 Å². The van der Waals surface area contributed by atoms with Crippen molar-refractivity contribution in [1.82, 2.24) is 10.0 Å². The molecule has 0 spiro atoms. The third kappa shape index (κ3) is 5.32. The first-order valence-electron chi connectivity index (χ1n) is 12.2. The first-order valence-corrected chi connectivity index (χ1v) is 14.0. The third-order valence-electron chi connectivity index (χ3n) is 6.69. The molecule has 11 heteroatoms. The van der Waals surface area contributed by atoms with E-state index in [1.54, 1.807) is 45.1 Å². The number of furan rings is 1. The summed E-state index contributed by atoms with van der Waals surface area (Å²) in [6.07, 6.45) is 4.49. The summed E-state index contributed by atoms with van der Waals surface area (Å²) in [5, 5.41) is 13.1. The van der Waals surface area contributed by atoms with Crippen LogP contribution in [-0.4, -0.2) is 43.4 Å². The van der Waals surface area contributed by atoms with Gasteiger partial charge in [0, 0.05) is 12.0 Å². The summed E-state index contributed by atoms with van der Waals surface area (Å²) >= 11 is 6.25. The van der Waals surface area contributed by atoms with Gasteiger partial charge in [-0.15, -0.1) is 0 Å². The van der Waals surface area contributed by atoms with E-state index in [1.165, 1.54) is 13.2 Å². The van der Waals surface area contributed by atoms with Crippen LogP contribution in [0.2, 0.25) is 5.02 Å². The lowest BCUT2D eigenvalue weighted by Crippen LogP contribution is -2.60. The number of carbonyl (C=O) groups excluding carboxylic acids is 1. The molecule has 2 atom stereocenters. The van der Waals surface area contributed by atoms with Crippen molar-refractivity contribution >= 4 is 50.0 Å². The van der Waals surface area contributed by atoms with E-state index >= 15 is 0 Å². The van der Waals surface area contributed by atoms with Crippen LogP contribution in [0.1, 0.15) is 41.9 Å². The molecular formula is C28H29ClN2O7S. The Kier molecular flexibility index (Phi) is 7.92. The summed E-state index contributed by atoms with van der Waals surface area (Å²) < 4.78 is 41.1. The van der Waals surface area contributed by atoms with E-state index < -0.39 is 38.7 Å². The number of nitrogens with one attached hydrogen (secondary N) is 2. The second-order valence-electron chi connectivity index (χ2n) is 9.60. The Balaban J connectivity index is 1.77. The molecule has 1 unspecified atom stereocenters. The number of sulfonamides is 1. The summed E-state index contributed by atoms with van der Waals surface area (Å²) in [5.41, 5.74) is 2.37. The minimum Gasteiger partial charge on any atom is -0.494 e. The zero-order valence-corrected chi connectivity index (χ0v) is 23.4. The van der Waals surface area contributed by atoms with Crippen molar-refractivity contribution < 1.29 is 32.3 Å². The van der Waals surface area contributed by atoms with Crippen molar-refractivity contribution in [2.45, 2.75) is 38.1 Å². The van der Waals surface area contributed by atoms with Gasteiger partial charge in [-0.2, -0.15) is 4.72 Å². The van der Waals surface area contributed by atoms with Gasteiger partial charge in [0.15, 0.2) is 10.6 Å². The molecule has 0 saturated heterocycles. The third-order valence-corrected chi connectivity index (χ3v) is 8.92. The van der Waals surface area contributed by atoms with E-state index in [4.69, 9.17) is 20.8 Å². The van der Waals surface area contributed by atoms with Crippen LogP contribution in [0.15, 0.2) is 65.1 Å². The summed E-state index contributed by atoms with van der Waals surface area (Å²) in [6, 6.07) is 11.1. The van der Waals surface area contributed by atoms with Gasteiger partial charge in [0.05, 0.1) is 17.5 Å². The van der Waals surface area contributed by atoms with Crippen molar-refractivity contribution in [2.24, 2.45) is 5.92 Å². The number of carboxylic acids is 1. The van der Waals surface area contributed by atoms with Crippen molar-refractivity contribution in [3.05, 3.63) is 82.6 Å². The van der Waals surface area contributed by atoms with Crippen molar-refractivity contribution in [2.75, 3.05) is 7.11 Å². The van der Waals surface area contributed by atoms with Crippen LogP contribution in [0.3, 0.4) is 0 Å². The number of hydrogen-bond acceptors (Lipinski definition) is 6. The molecular weight excluding hydrogens is 544 g/mol. The van der Waals surface area contributed by atoms with Crippen molar-refractivity contribution in [3.63, 3.8) is 0 Å². The second-order valence-corrected chi connectivity index (χ2v) is 12.0. The first-order chi connectivity index (χ1) is 18.4. The number of aryl methyl sites for hydroxylation is 1. The fourth-order valence-corrected chi connectivity index (χ4v) is 6.44. The van der Waals surface area contributed by atoms with E-state index in [9.17, 15) is 23.1 Å². The Hall–Kier alpha value is -3.60. The van der Waals surface area contributed by atoms with E-state index in [1.807, 2.05) is 30.3 Å². The van der Waals surface area contributed by atoms with Gasteiger partial charge in [-0.1, -0.05) is 67.9 Å². The minimum absolute atomic E-state index is 0.120. The maximum Gasteiger partial charge on any atom is 0.321 e. The lowest BCUT2D eigenvalue weighted by molar-refractivity contribution is -0.140. The molecule has 1 aliphatic rings. The topological polar surface area (TPSA) is 135 Å². The Bertz CT molecular complexity index is 1590. The number of ether oxygens (including phenoxy) is 1. The lowest BCUT2D eigenvalue weighted by atomic mass is 9.96. The number of amides is 1. The standard InChI is InChI=1S/C28H29ClN2O7S/c1-16(2)23(27(33)34)31-39(35,36)28(14-12-19(13-15-28)18-8-6-5-7-9-18)30-26(32)24-17(3)22-21(38-24)11-10-20(29)25(22)37-4/h5-14,16,23,31H,15H2,1-4H3,(H,30,32)(H,33,34)/t23-,28?/m0/s1. The number of halogens is 1. The number of rotatable bonds is 9. The highest BCUT2D eigenvalue weighted by atomic mass is 35.5. The zero-order chi connectivity index (χ0) is 28.5. The molecule has 206 valence electrons. The smallest absolute Gasteiger partial charge is 0.321 e. The fraction of sp³-hybridized carbons (Fsp3) is 0.286. The molecule has 3 N–H and O–H groups in total. The average molecular weight is 573 g/mol. The summed E-state index contributed by atoms with van der Waals surface area (Å²) in [7, 11) is -3.05. The molecule has 0 aliphatic heterocycles. The van der Waals surface area contributed by atoms with Gasteiger partial charge < -0.3 is 19.6 Å². The predicted octanol–water partition coefficient (Wildman–Crippen LogP) is 4.90. The highest BCUT2D eigenvalue weighted by Crippen LogP contribution is 2.39. The van der Waals surface area contributed by atoms with Gasteiger partial charge >= 0.3 is 5.97 Å². The number of benzene rings is 2. The second kappa shape index (κ2) is 10.9. The Labute approximate surface area is 231 Å². The molecule has 1 aromatic heterocycles. The number of hydrogen-bond donors (Lipinski definition) is 3. The number of carbonyl (C=O) groups is 2. The molecule has 39 heavy (non-hydrogen) atoms. The van der Waals surface area contributed by atoms with E-state index in [0.717, 1.165) is 11.1 Å². The van der Waals surface area contributed by atoms with Gasteiger partial charge in [-0.25, -0.2) is 8.42 Å². The van der Waals surface area contributed by atoms with Crippen LogP contribution in [0.25, 0.3) is 16.5 Å². The number of carboxylic acid groups (broad SMARTS) is 1. The lowest BCUT2D eigenvalue weighted by Gasteiger charge is -2.34. The molecule has 4 rings (SSSR count). The van der Waals surface area contributed by atoms with Gasteiger partial charge in [0.25, 0.3) is 5.91 Å². The SMILES string of the molecule is COc1c(Cl)ccc2oc(C(=O)NC3(S(=O)(=O)N[C@H](C(=O)O)C(C)C)C=CC(c4ccccc4)=CC3)c(C)c12. The van der Waals surface area contributed by atoms with Gasteiger partial charge in [0.2, 0.25) is 10.0 Å². The van der Waals surface area contributed by atoms with Crippen LogP contribution in [0, 0.1) is 12.8 Å². The Morgan fingerprint density at radius 1 is 1.15 bits per heavy atom.